The molecule has 3 fully saturated rings. The van der Waals surface area contributed by atoms with Crippen LogP contribution in [0.2, 0.25) is 0 Å². The smallest absolute Gasteiger partial charge is 0.0223 e. The molecule has 3 atom stereocenters. The molecule has 2 heterocycles. The van der Waals surface area contributed by atoms with Crippen molar-refractivity contribution in [3.63, 3.8) is 0 Å². The molecule has 3 unspecified atom stereocenters. The molecule has 18 heavy (non-hydrogen) atoms. The third kappa shape index (κ3) is 2.91. The summed E-state index contributed by atoms with van der Waals surface area (Å²) in [5.74, 6) is 0.977. The molecule has 0 aromatic heterocycles. The molecule has 2 saturated heterocycles. The van der Waals surface area contributed by atoms with Crippen LogP contribution in [-0.2, 0) is 0 Å². The second-order valence-electron chi connectivity index (χ2n) is 6.95. The van der Waals surface area contributed by atoms with Gasteiger partial charge in [0.2, 0.25) is 0 Å². The van der Waals surface area contributed by atoms with Gasteiger partial charge in [0.25, 0.3) is 0 Å². The van der Waals surface area contributed by atoms with E-state index in [-0.39, 0.29) is 0 Å². The van der Waals surface area contributed by atoms with Gasteiger partial charge in [-0.15, -0.1) is 0 Å². The highest BCUT2D eigenvalue weighted by atomic mass is 15.3. The third-order valence-electron chi connectivity index (χ3n) is 5.58. The molecule has 2 aliphatic heterocycles. The summed E-state index contributed by atoms with van der Waals surface area (Å²) in [6, 6.07) is 1.81. The van der Waals surface area contributed by atoms with Crippen molar-refractivity contribution in [1.82, 2.24) is 9.80 Å². The van der Waals surface area contributed by atoms with E-state index in [0.29, 0.717) is 0 Å². The van der Waals surface area contributed by atoms with E-state index >= 15 is 0 Å². The number of nitrogens with zero attached hydrogens (tertiary/aromatic N) is 2. The summed E-state index contributed by atoms with van der Waals surface area (Å²) < 4.78 is 0. The summed E-state index contributed by atoms with van der Waals surface area (Å²) in [6.45, 7) is 7.93. The molecule has 0 aromatic carbocycles. The van der Waals surface area contributed by atoms with Crippen LogP contribution in [0.5, 0.6) is 0 Å². The van der Waals surface area contributed by atoms with Crippen LogP contribution in [-0.4, -0.2) is 48.1 Å². The van der Waals surface area contributed by atoms with Gasteiger partial charge in [0.1, 0.15) is 0 Å². The monoisotopic (exact) mass is 250 g/mol. The molecular formula is C16H30N2. The molecule has 0 bridgehead atoms. The van der Waals surface area contributed by atoms with Crippen molar-refractivity contribution >= 4 is 0 Å². The fraction of sp³-hybridized carbons (Fsp3) is 1.00. The van der Waals surface area contributed by atoms with Gasteiger partial charge in [0.05, 0.1) is 0 Å². The molecule has 1 saturated carbocycles. The zero-order valence-electron chi connectivity index (χ0n) is 12.1. The standard InChI is InChI=1S/C16H30N2/c1-14-5-2-6-15(9-8-14)18-12-4-11-17-10-3-7-16(17)13-18/h14-16H,2-13H2,1H3. The van der Waals surface area contributed by atoms with E-state index in [4.69, 9.17) is 0 Å². The minimum atomic E-state index is 0.896. The van der Waals surface area contributed by atoms with Gasteiger partial charge in [0.15, 0.2) is 0 Å². The predicted molar refractivity (Wildman–Crippen MR) is 76.8 cm³/mol. The van der Waals surface area contributed by atoms with Crippen molar-refractivity contribution in [2.24, 2.45) is 5.92 Å². The minimum absolute atomic E-state index is 0.896. The van der Waals surface area contributed by atoms with Crippen LogP contribution in [0.15, 0.2) is 0 Å². The van der Waals surface area contributed by atoms with Gasteiger partial charge < -0.3 is 0 Å². The maximum Gasteiger partial charge on any atom is 0.0223 e. The van der Waals surface area contributed by atoms with E-state index in [2.05, 4.69) is 16.7 Å². The second-order valence-corrected chi connectivity index (χ2v) is 6.95. The molecule has 104 valence electrons. The number of hydrogen-bond donors (Lipinski definition) is 0. The van der Waals surface area contributed by atoms with Crippen LogP contribution in [0.3, 0.4) is 0 Å². The Kier molecular flexibility index (Phi) is 4.25. The van der Waals surface area contributed by atoms with E-state index < -0.39 is 0 Å². The van der Waals surface area contributed by atoms with E-state index in [1.807, 2.05) is 0 Å². The van der Waals surface area contributed by atoms with Crippen LogP contribution >= 0.6 is 0 Å². The lowest BCUT2D eigenvalue weighted by Gasteiger charge is -2.32. The maximum atomic E-state index is 2.87. The van der Waals surface area contributed by atoms with E-state index in [1.165, 1.54) is 77.5 Å². The predicted octanol–water partition coefficient (Wildman–Crippen LogP) is 3.13. The summed E-state index contributed by atoms with van der Waals surface area (Å²) in [4.78, 5) is 5.63. The van der Waals surface area contributed by atoms with Crippen LogP contribution in [0.25, 0.3) is 0 Å². The number of hydrogen-bond acceptors (Lipinski definition) is 2. The average Bonchev–Trinajstić information content (AvgIpc) is 2.59. The van der Waals surface area contributed by atoms with Gasteiger partial charge >= 0.3 is 0 Å². The zero-order valence-corrected chi connectivity index (χ0v) is 12.1. The van der Waals surface area contributed by atoms with E-state index in [9.17, 15) is 0 Å². The first kappa shape index (κ1) is 12.9. The highest BCUT2D eigenvalue weighted by molar-refractivity contribution is 4.88. The van der Waals surface area contributed by atoms with Crippen LogP contribution in [0.1, 0.15) is 58.3 Å². The first-order chi connectivity index (χ1) is 8.83. The first-order valence-corrected chi connectivity index (χ1v) is 8.31. The molecule has 0 amide bonds. The molecule has 2 heteroatoms. The lowest BCUT2D eigenvalue weighted by atomic mass is 10.0. The van der Waals surface area contributed by atoms with Crippen LogP contribution in [0.4, 0.5) is 0 Å². The highest BCUT2D eigenvalue weighted by Crippen LogP contribution is 2.29. The molecule has 3 rings (SSSR count). The molecule has 0 spiro atoms. The van der Waals surface area contributed by atoms with Crippen LogP contribution < -0.4 is 0 Å². The zero-order chi connectivity index (χ0) is 12.4. The van der Waals surface area contributed by atoms with Gasteiger partial charge in [-0.05, 0) is 64.1 Å². The summed E-state index contributed by atoms with van der Waals surface area (Å²) in [7, 11) is 0. The Morgan fingerprint density at radius 3 is 2.39 bits per heavy atom. The van der Waals surface area contributed by atoms with Gasteiger partial charge in [-0.2, -0.15) is 0 Å². The lowest BCUT2D eigenvalue weighted by molar-refractivity contribution is 0.158. The van der Waals surface area contributed by atoms with Crippen molar-refractivity contribution < 1.29 is 0 Å². The quantitative estimate of drug-likeness (QED) is 0.660. The molecule has 0 N–H and O–H groups in total. The number of rotatable bonds is 1. The topological polar surface area (TPSA) is 6.48 Å². The summed E-state index contributed by atoms with van der Waals surface area (Å²) in [5, 5.41) is 0. The molecule has 0 aromatic rings. The SMILES string of the molecule is CC1CCCC(N2CCCN3CCCC3C2)CC1. The van der Waals surface area contributed by atoms with Crippen molar-refractivity contribution in [3.05, 3.63) is 0 Å². The van der Waals surface area contributed by atoms with Crippen molar-refractivity contribution in [2.45, 2.75) is 70.4 Å². The third-order valence-corrected chi connectivity index (χ3v) is 5.58. The molecule has 3 aliphatic rings. The first-order valence-electron chi connectivity index (χ1n) is 8.31. The normalized spacial score (nSPS) is 40.2. The van der Waals surface area contributed by atoms with Gasteiger partial charge in [-0.25, -0.2) is 0 Å². The van der Waals surface area contributed by atoms with Crippen molar-refractivity contribution in [1.29, 1.82) is 0 Å². The van der Waals surface area contributed by atoms with E-state index in [0.717, 1.165) is 18.0 Å². The van der Waals surface area contributed by atoms with Crippen LogP contribution in [0, 0.1) is 5.92 Å². The largest absolute Gasteiger partial charge is 0.299 e. The Bertz CT molecular complexity index is 266. The van der Waals surface area contributed by atoms with Gasteiger partial charge in [0, 0.05) is 18.6 Å². The summed E-state index contributed by atoms with van der Waals surface area (Å²) in [6.07, 6.45) is 11.7. The van der Waals surface area contributed by atoms with Crippen molar-refractivity contribution in [3.8, 4) is 0 Å². The molecule has 1 aliphatic carbocycles. The van der Waals surface area contributed by atoms with Crippen molar-refractivity contribution in [2.75, 3.05) is 26.2 Å². The molecular weight excluding hydrogens is 220 g/mol. The highest BCUT2D eigenvalue weighted by Gasteiger charge is 2.31. The second kappa shape index (κ2) is 5.92. The lowest BCUT2D eigenvalue weighted by Crippen LogP contribution is -2.41. The molecule has 0 radical (unpaired) electrons. The Morgan fingerprint density at radius 1 is 0.667 bits per heavy atom. The Balaban J connectivity index is 1.60. The summed E-state index contributed by atoms with van der Waals surface area (Å²) >= 11 is 0. The fourth-order valence-corrected chi connectivity index (χ4v) is 4.40. The van der Waals surface area contributed by atoms with Gasteiger partial charge in [-0.1, -0.05) is 19.8 Å². The summed E-state index contributed by atoms with van der Waals surface area (Å²) in [5.41, 5.74) is 0. The maximum absolute atomic E-state index is 2.87. The van der Waals surface area contributed by atoms with Gasteiger partial charge in [-0.3, -0.25) is 9.80 Å². The average molecular weight is 250 g/mol. The Labute approximate surface area is 113 Å². The van der Waals surface area contributed by atoms with E-state index in [1.54, 1.807) is 0 Å². The Morgan fingerprint density at radius 2 is 1.44 bits per heavy atom. The minimum Gasteiger partial charge on any atom is -0.299 e. The fourth-order valence-electron chi connectivity index (χ4n) is 4.40. The number of fused-ring (bicyclic) bond motifs is 1. The molecule has 2 nitrogen and oxygen atoms in total. The Hall–Kier alpha value is -0.0800.